The predicted molar refractivity (Wildman–Crippen MR) is 132 cm³/mol. The molecule has 0 bridgehead atoms. The predicted octanol–water partition coefficient (Wildman–Crippen LogP) is 3.39. The molecule has 4 aromatic rings. The number of benzene rings is 3. The molecule has 0 saturated heterocycles. The molecule has 1 aromatic heterocycles. The largest absolute Gasteiger partial charge is 0.454 e. The molecule has 2 aliphatic heterocycles. The highest BCUT2D eigenvalue weighted by Crippen LogP contribution is 2.33. The Labute approximate surface area is 212 Å². The van der Waals surface area contributed by atoms with Crippen LogP contribution in [-0.4, -0.2) is 42.2 Å². The summed E-state index contributed by atoms with van der Waals surface area (Å²) in [6, 6.07) is 19.1. The third kappa shape index (κ3) is 4.66. The van der Waals surface area contributed by atoms with Crippen LogP contribution in [0.2, 0.25) is 0 Å². The maximum atomic E-state index is 13.2. The number of nitrogens with one attached hydrogen (secondary N) is 1. The van der Waals surface area contributed by atoms with Gasteiger partial charge < -0.3 is 13.9 Å². The number of hydrogen-bond donors (Lipinski definition) is 1. The monoisotopic (exact) mass is 518 g/mol. The molecular weight excluding hydrogens is 496 g/mol. The number of sulfonamides is 1. The first-order valence-corrected chi connectivity index (χ1v) is 13.1. The van der Waals surface area contributed by atoms with Crippen LogP contribution in [0.1, 0.15) is 32.9 Å². The zero-order valence-electron chi connectivity index (χ0n) is 19.6. The zero-order chi connectivity index (χ0) is 25.4. The summed E-state index contributed by atoms with van der Waals surface area (Å²) < 4.78 is 44.0. The SMILES string of the molecule is O=C(Nc1nnc(Cc2ccc3c(c2)OCO3)o1)c1ccc(S(=O)(=O)N2CCc3ccccc3C2)cc1. The number of nitrogens with zero attached hydrogens (tertiary/aromatic N) is 3. The Morgan fingerprint density at radius 3 is 2.57 bits per heavy atom. The van der Waals surface area contributed by atoms with Gasteiger partial charge in [0.15, 0.2) is 11.5 Å². The van der Waals surface area contributed by atoms with E-state index in [1.807, 2.05) is 42.5 Å². The van der Waals surface area contributed by atoms with E-state index < -0.39 is 15.9 Å². The van der Waals surface area contributed by atoms with Crippen molar-refractivity contribution in [3.05, 3.63) is 94.9 Å². The van der Waals surface area contributed by atoms with E-state index in [9.17, 15) is 13.2 Å². The average molecular weight is 519 g/mol. The van der Waals surface area contributed by atoms with Crippen LogP contribution in [0.5, 0.6) is 11.5 Å². The van der Waals surface area contributed by atoms with Crippen molar-refractivity contribution in [2.75, 3.05) is 18.7 Å². The molecule has 0 atom stereocenters. The summed E-state index contributed by atoms with van der Waals surface area (Å²) >= 11 is 0. The molecule has 0 spiro atoms. The van der Waals surface area contributed by atoms with E-state index in [1.54, 1.807) is 0 Å². The van der Waals surface area contributed by atoms with Crippen molar-refractivity contribution < 1.29 is 27.1 Å². The van der Waals surface area contributed by atoms with Crippen LogP contribution >= 0.6 is 0 Å². The van der Waals surface area contributed by atoms with Gasteiger partial charge in [0.25, 0.3) is 5.91 Å². The smallest absolute Gasteiger partial charge is 0.322 e. The Hall–Kier alpha value is -4.22. The number of fused-ring (bicyclic) bond motifs is 2. The van der Waals surface area contributed by atoms with E-state index in [0.29, 0.717) is 43.3 Å². The molecule has 0 unspecified atom stereocenters. The van der Waals surface area contributed by atoms with Gasteiger partial charge in [0.1, 0.15) is 0 Å². The van der Waals surface area contributed by atoms with Gasteiger partial charge in [0.2, 0.25) is 22.7 Å². The van der Waals surface area contributed by atoms with Crippen molar-refractivity contribution >= 4 is 21.9 Å². The van der Waals surface area contributed by atoms with E-state index in [1.165, 1.54) is 34.1 Å². The van der Waals surface area contributed by atoms with E-state index in [0.717, 1.165) is 11.1 Å². The molecule has 37 heavy (non-hydrogen) atoms. The molecule has 0 radical (unpaired) electrons. The second-order valence-corrected chi connectivity index (χ2v) is 10.6. The van der Waals surface area contributed by atoms with Gasteiger partial charge in [-0.2, -0.15) is 4.31 Å². The fourth-order valence-corrected chi connectivity index (χ4v) is 5.79. The van der Waals surface area contributed by atoms with Crippen molar-refractivity contribution in [2.45, 2.75) is 24.3 Å². The summed E-state index contributed by atoms with van der Waals surface area (Å²) in [5.41, 5.74) is 3.32. The Balaban J connectivity index is 1.10. The molecule has 0 saturated carbocycles. The summed E-state index contributed by atoms with van der Waals surface area (Å²) in [5, 5.41) is 10.4. The number of hydrogen-bond acceptors (Lipinski definition) is 8. The van der Waals surface area contributed by atoms with Crippen molar-refractivity contribution in [3.8, 4) is 11.5 Å². The molecule has 0 fully saturated rings. The minimum absolute atomic E-state index is 0.0515. The highest BCUT2D eigenvalue weighted by Gasteiger charge is 2.28. The van der Waals surface area contributed by atoms with E-state index in [4.69, 9.17) is 13.9 Å². The van der Waals surface area contributed by atoms with Crippen molar-refractivity contribution in [2.24, 2.45) is 0 Å². The number of aromatic nitrogens is 2. The van der Waals surface area contributed by atoms with E-state index in [-0.39, 0.29) is 23.3 Å². The molecular formula is C26H22N4O6S. The maximum Gasteiger partial charge on any atom is 0.322 e. The molecule has 6 rings (SSSR count). The number of ether oxygens (including phenoxy) is 2. The molecule has 11 heteroatoms. The van der Waals surface area contributed by atoms with Crippen LogP contribution in [0, 0.1) is 0 Å². The van der Waals surface area contributed by atoms with Gasteiger partial charge in [-0.25, -0.2) is 8.42 Å². The van der Waals surface area contributed by atoms with Crippen LogP contribution in [0.15, 0.2) is 76.0 Å². The Kier molecular flexibility index (Phi) is 5.85. The number of rotatable bonds is 6. The number of amides is 1. The average Bonchev–Trinajstić information content (AvgIpc) is 3.57. The standard InChI is InChI=1S/C26H22N4O6S/c31-25(27-26-29-28-24(36-26)14-17-5-10-22-23(13-17)35-16-34-22)19-6-8-21(9-7-19)37(32,33)30-12-11-18-3-1-2-4-20(18)15-30/h1-10,13H,11-12,14-16H2,(H,27,29,31). The summed E-state index contributed by atoms with van der Waals surface area (Å²) in [6.07, 6.45) is 1.02. The second kappa shape index (κ2) is 9.34. The van der Waals surface area contributed by atoms with Crippen LogP contribution < -0.4 is 14.8 Å². The van der Waals surface area contributed by atoms with Gasteiger partial charge in [-0.3, -0.25) is 10.1 Å². The minimum atomic E-state index is -3.69. The van der Waals surface area contributed by atoms with Gasteiger partial charge in [0, 0.05) is 18.7 Å². The zero-order valence-corrected chi connectivity index (χ0v) is 20.4. The quantitative estimate of drug-likeness (QED) is 0.412. The Morgan fingerprint density at radius 1 is 0.946 bits per heavy atom. The third-order valence-electron chi connectivity index (χ3n) is 6.33. The summed E-state index contributed by atoms with van der Waals surface area (Å²) in [7, 11) is -3.69. The minimum Gasteiger partial charge on any atom is -0.454 e. The van der Waals surface area contributed by atoms with Gasteiger partial charge in [-0.15, -0.1) is 5.10 Å². The molecule has 1 amide bonds. The van der Waals surface area contributed by atoms with Gasteiger partial charge in [-0.05, 0) is 59.5 Å². The Morgan fingerprint density at radius 2 is 1.73 bits per heavy atom. The van der Waals surface area contributed by atoms with Gasteiger partial charge >= 0.3 is 6.01 Å². The molecule has 10 nitrogen and oxygen atoms in total. The highest BCUT2D eigenvalue weighted by molar-refractivity contribution is 7.89. The lowest BCUT2D eigenvalue weighted by molar-refractivity contribution is 0.102. The van der Waals surface area contributed by atoms with Crippen LogP contribution in [-0.2, 0) is 29.4 Å². The van der Waals surface area contributed by atoms with E-state index in [2.05, 4.69) is 15.5 Å². The maximum absolute atomic E-state index is 13.2. The molecule has 2 aliphatic rings. The lowest BCUT2D eigenvalue weighted by atomic mass is 10.0. The van der Waals surface area contributed by atoms with E-state index >= 15 is 0 Å². The lowest BCUT2D eigenvalue weighted by Gasteiger charge is -2.28. The molecule has 188 valence electrons. The molecule has 1 N–H and O–H groups in total. The molecule has 3 aromatic carbocycles. The van der Waals surface area contributed by atoms with Crippen molar-refractivity contribution in [1.82, 2.24) is 14.5 Å². The highest BCUT2D eigenvalue weighted by atomic mass is 32.2. The van der Waals surface area contributed by atoms with Crippen LogP contribution in [0.4, 0.5) is 6.01 Å². The number of carbonyl (C=O) groups is 1. The summed E-state index contributed by atoms with van der Waals surface area (Å²) in [5.74, 6) is 1.16. The first-order chi connectivity index (χ1) is 18.0. The number of anilines is 1. The van der Waals surface area contributed by atoms with Gasteiger partial charge in [0.05, 0.1) is 11.3 Å². The fraction of sp³-hybridized carbons (Fsp3) is 0.192. The van der Waals surface area contributed by atoms with Crippen molar-refractivity contribution in [1.29, 1.82) is 0 Å². The summed E-state index contributed by atoms with van der Waals surface area (Å²) in [4.78, 5) is 12.8. The topological polar surface area (TPSA) is 124 Å². The lowest BCUT2D eigenvalue weighted by Crippen LogP contribution is -2.35. The van der Waals surface area contributed by atoms with Crippen LogP contribution in [0.25, 0.3) is 0 Å². The summed E-state index contributed by atoms with van der Waals surface area (Å²) in [6.45, 7) is 0.926. The van der Waals surface area contributed by atoms with Crippen LogP contribution in [0.3, 0.4) is 0 Å². The molecule has 3 heterocycles. The normalized spacial score (nSPS) is 14.8. The Bertz CT molecular complexity index is 1580. The van der Waals surface area contributed by atoms with Crippen molar-refractivity contribution in [3.63, 3.8) is 0 Å². The third-order valence-corrected chi connectivity index (χ3v) is 8.19. The second-order valence-electron chi connectivity index (χ2n) is 8.70. The number of carbonyl (C=O) groups excluding carboxylic acids is 1. The first kappa shape index (κ1) is 23.2. The fourth-order valence-electron chi connectivity index (χ4n) is 4.37. The first-order valence-electron chi connectivity index (χ1n) is 11.6. The van der Waals surface area contributed by atoms with Gasteiger partial charge in [-0.1, -0.05) is 35.4 Å². The molecule has 0 aliphatic carbocycles.